The molecule has 102 valence electrons. The molecule has 0 unspecified atom stereocenters. The predicted molar refractivity (Wildman–Crippen MR) is 64.4 cm³/mol. The van der Waals surface area contributed by atoms with E-state index in [1.807, 2.05) is 6.07 Å². The number of hydrogen-bond donors (Lipinski definition) is 0. The number of hydrogen-bond acceptors (Lipinski definition) is 3. The number of benzene rings is 1. The van der Waals surface area contributed by atoms with Crippen LogP contribution in [-0.4, -0.2) is 37.6 Å². The molecule has 1 rings (SSSR count). The first-order valence-corrected chi connectivity index (χ1v) is 5.71. The van der Waals surface area contributed by atoms with Gasteiger partial charge in [0.2, 0.25) is 0 Å². The van der Waals surface area contributed by atoms with Gasteiger partial charge in [0.15, 0.2) is 0 Å². The lowest BCUT2D eigenvalue weighted by molar-refractivity contribution is 0.0690. The second-order valence-electron chi connectivity index (χ2n) is 3.79. The number of amides is 1. The van der Waals surface area contributed by atoms with Crippen LogP contribution in [0.25, 0.3) is 0 Å². The fourth-order valence-electron chi connectivity index (χ4n) is 1.56. The van der Waals surface area contributed by atoms with Crippen LogP contribution in [0, 0.1) is 23.0 Å². The lowest BCUT2D eigenvalue weighted by atomic mass is 10.1. The van der Waals surface area contributed by atoms with E-state index in [-0.39, 0.29) is 26.1 Å². The first kappa shape index (κ1) is 15.1. The number of carbonyl (C=O) groups is 1. The van der Waals surface area contributed by atoms with Crippen LogP contribution in [0.1, 0.15) is 16.8 Å². The first-order valence-electron chi connectivity index (χ1n) is 5.71. The maximum atomic E-state index is 13.5. The highest BCUT2D eigenvalue weighted by Gasteiger charge is 2.22. The molecule has 0 aliphatic rings. The summed E-state index contributed by atoms with van der Waals surface area (Å²) in [5, 5.41) is 8.53. The summed E-state index contributed by atoms with van der Waals surface area (Å²) in [6.07, 6.45) is 0.0888. The van der Waals surface area contributed by atoms with Gasteiger partial charge >= 0.3 is 0 Å². The van der Waals surface area contributed by atoms with Crippen molar-refractivity contribution < 1.29 is 18.3 Å². The third-order valence-electron chi connectivity index (χ3n) is 2.52. The van der Waals surface area contributed by atoms with Crippen molar-refractivity contribution in [3.8, 4) is 6.07 Å². The van der Waals surface area contributed by atoms with E-state index in [4.69, 9.17) is 10.00 Å². The maximum absolute atomic E-state index is 13.5. The van der Waals surface area contributed by atoms with Crippen LogP contribution in [-0.2, 0) is 4.74 Å². The SMILES string of the molecule is COCCN(CCC#N)C(=O)c1c(F)cccc1F. The minimum absolute atomic E-state index is 0.0888. The summed E-state index contributed by atoms with van der Waals surface area (Å²) in [6.45, 7) is 0.504. The molecule has 6 heteroatoms. The number of carbonyl (C=O) groups excluding carboxylic acids is 1. The van der Waals surface area contributed by atoms with Gasteiger partial charge in [-0.3, -0.25) is 4.79 Å². The molecular weight excluding hydrogens is 254 g/mol. The van der Waals surface area contributed by atoms with Crippen LogP contribution in [0.3, 0.4) is 0 Å². The molecule has 0 heterocycles. The van der Waals surface area contributed by atoms with Gasteiger partial charge in [-0.1, -0.05) is 6.07 Å². The summed E-state index contributed by atoms with van der Waals surface area (Å²) >= 11 is 0. The average molecular weight is 268 g/mol. The predicted octanol–water partition coefficient (Wildman–Crippen LogP) is 1.97. The Morgan fingerprint density at radius 1 is 1.37 bits per heavy atom. The minimum atomic E-state index is -0.913. The molecule has 4 nitrogen and oxygen atoms in total. The quantitative estimate of drug-likeness (QED) is 0.792. The summed E-state index contributed by atoms with van der Waals surface area (Å²) in [7, 11) is 1.45. The molecule has 0 bridgehead atoms. The van der Waals surface area contributed by atoms with Crippen LogP contribution in [0.2, 0.25) is 0 Å². The molecule has 0 aliphatic heterocycles. The highest BCUT2D eigenvalue weighted by Crippen LogP contribution is 2.15. The Bertz CT molecular complexity index is 466. The molecule has 0 spiro atoms. The molecule has 0 aromatic heterocycles. The molecule has 0 saturated heterocycles. The molecular formula is C13H14F2N2O2. The van der Waals surface area contributed by atoms with E-state index in [0.29, 0.717) is 0 Å². The van der Waals surface area contributed by atoms with Crippen molar-refractivity contribution in [1.82, 2.24) is 4.90 Å². The molecule has 0 N–H and O–H groups in total. The zero-order valence-electron chi connectivity index (χ0n) is 10.5. The third-order valence-corrected chi connectivity index (χ3v) is 2.52. The van der Waals surface area contributed by atoms with Gasteiger partial charge in [0.25, 0.3) is 5.91 Å². The van der Waals surface area contributed by atoms with Crippen LogP contribution in [0.4, 0.5) is 8.78 Å². The van der Waals surface area contributed by atoms with Crippen molar-refractivity contribution in [3.05, 3.63) is 35.4 Å². The van der Waals surface area contributed by atoms with E-state index in [2.05, 4.69) is 0 Å². The van der Waals surface area contributed by atoms with Crippen molar-refractivity contribution in [2.24, 2.45) is 0 Å². The normalized spacial score (nSPS) is 10.0. The van der Waals surface area contributed by atoms with Crippen LogP contribution in [0.5, 0.6) is 0 Å². The summed E-state index contributed by atoms with van der Waals surface area (Å²) in [6, 6.07) is 5.12. The number of nitriles is 1. The molecule has 1 aromatic carbocycles. The molecule has 0 aliphatic carbocycles. The minimum Gasteiger partial charge on any atom is -0.383 e. The van der Waals surface area contributed by atoms with Crippen LogP contribution < -0.4 is 0 Å². The van der Waals surface area contributed by atoms with Gasteiger partial charge in [-0.2, -0.15) is 5.26 Å². The van der Waals surface area contributed by atoms with Crippen molar-refractivity contribution in [2.45, 2.75) is 6.42 Å². The zero-order valence-corrected chi connectivity index (χ0v) is 10.5. The van der Waals surface area contributed by atoms with Crippen LogP contribution >= 0.6 is 0 Å². The van der Waals surface area contributed by atoms with Crippen molar-refractivity contribution in [3.63, 3.8) is 0 Å². The number of rotatable bonds is 6. The van der Waals surface area contributed by atoms with E-state index >= 15 is 0 Å². The first-order chi connectivity index (χ1) is 9.11. The summed E-state index contributed by atoms with van der Waals surface area (Å²) in [5.74, 6) is -2.60. The molecule has 19 heavy (non-hydrogen) atoms. The van der Waals surface area contributed by atoms with E-state index in [9.17, 15) is 13.6 Å². The van der Waals surface area contributed by atoms with E-state index in [1.54, 1.807) is 0 Å². The van der Waals surface area contributed by atoms with Gasteiger partial charge in [-0.25, -0.2) is 8.78 Å². The van der Waals surface area contributed by atoms with Gasteiger partial charge in [-0.15, -0.1) is 0 Å². The highest BCUT2D eigenvalue weighted by molar-refractivity contribution is 5.94. The zero-order chi connectivity index (χ0) is 14.3. The fraction of sp³-hybridized carbons (Fsp3) is 0.385. The number of halogens is 2. The lowest BCUT2D eigenvalue weighted by Gasteiger charge is -2.21. The Morgan fingerprint density at radius 3 is 2.53 bits per heavy atom. The third kappa shape index (κ3) is 4.00. The topological polar surface area (TPSA) is 53.3 Å². The second kappa shape index (κ2) is 7.44. The number of ether oxygens (including phenoxy) is 1. The average Bonchev–Trinajstić information content (AvgIpc) is 2.38. The monoisotopic (exact) mass is 268 g/mol. The Labute approximate surface area is 110 Å². The van der Waals surface area contributed by atoms with Crippen molar-refractivity contribution in [1.29, 1.82) is 5.26 Å². The number of methoxy groups -OCH3 is 1. The molecule has 0 radical (unpaired) electrons. The highest BCUT2D eigenvalue weighted by atomic mass is 19.1. The van der Waals surface area contributed by atoms with E-state index in [0.717, 1.165) is 12.1 Å². The Kier molecular flexibility index (Phi) is 5.90. The molecule has 1 aromatic rings. The van der Waals surface area contributed by atoms with Crippen molar-refractivity contribution >= 4 is 5.91 Å². The standard InChI is InChI=1S/C13H14F2N2O2/c1-19-9-8-17(7-3-6-16)13(18)12-10(14)4-2-5-11(12)15/h2,4-5H,3,7-9H2,1H3. The summed E-state index contributed by atoms with van der Waals surface area (Å²) in [4.78, 5) is 13.3. The van der Waals surface area contributed by atoms with Crippen LogP contribution in [0.15, 0.2) is 18.2 Å². The van der Waals surface area contributed by atoms with Gasteiger partial charge < -0.3 is 9.64 Å². The smallest absolute Gasteiger partial charge is 0.259 e. The summed E-state index contributed by atoms with van der Waals surface area (Å²) in [5.41, 5.74) is -0.600. The molecule has 0 atom stereocenters. The Morgan fingerprint density at radius 2 is 2.00 bits per heavy atom. The van der Waals surface area contributed by atoms with E-state index < -0.39 is 23.1 Å². The lowest BCUT2D eigenvalue weighted by Crippen LogP contribution is -2.35. The van der Waals surface area contributed by atoms with Crippen molar-refractivity contribution in [2.75, 3.05) is 26.8 Å². The summed E-state index contributed by atoms with van der Waals surface area (Å²) < 4.78 is 31.9. The maximum Gasteiger partial charge on any atom is 0.259 e. The Balaban J connectivity index is 2.95. The van der Waals surface area contributed by atoms with E-state index in [1.165, 1.54) is 18.1 Å². The second-order valence-corrected chi connectivity index (χ2v) is 3.79. The largest absolute Gasteiger partial charge is 0.383 e. The van der Waals surface area contributed by atoms with Gasteiger partial charge in [0.05, 0.1) is 19.1 Å². The molecule has 0 saturated carbocycles. The van der Waals surface area contributed by atoms with Gasteiger partial charge in [0, 0.05) is 20.2 Å². The molecule has 0 fully saturated rings. The van der Waals surface area contributed by atoms with Gasteiger partial charge in [0.1, 0.15) is 17.2 Å². The molecule has 1 amide bonds. The number of nitrogens with zero attached hydrogens (tertiary/aromatic N) is 2. The Hall–Kier alpha value is -2.00. The van der Waals surface area contributed by atoms with Gasteiger partial charge in [-0.05, 0) is 12.1 Å². The fourth-order valence-corrected chi connectivity index (χ4v) is 1.56.